The summed E-state index contributed by atoms with van der Waals surface area (Å²) in [7, 11) is 0.500. The van der Waals surface area contributed by atoms with Crippen LogP contribution < -0.4 is 14.2 Å². The van der Waals surface area contributed by atoms with E-state index in [9.17, 15) is 4.39 Å². The van der Waals surface area contributed by atoms with E-state index >= 15 is 0 Å². The Labute approximate surface area is 141 Å². The van der Waals surface area contributed by atoms with E-state index in [4.69, 9.17) is 23.5 Å². The summed E-state index contributed by atoms with van der Waals surface area (Å²) in [5.41, 5.74) is -1.10. The van der Waals surface area contributed by atoms with Crippen molar-refractivity contribution < 1.29 is 27.9 Å². The molecule has 2 aliphatic heterocycles. The van der Waals surface area contributed by atoms with Gasteiger partial charge in [0.05, 0.1) is 18.3 Å². The molecule has 0 N–H and O–H groups in total. The van der Waals surface area contributed by atoms with Crippen LogP contribution in [0.5, 0.6) is 17.2 Å². The SMILES string of the molecule is COc1cc(C=C(F)B2OC(C)(C)C(C)(C)O2)cc2c1OCCO2. The summed E-state index contributed by atoms with van der Waals surface area (Å²) in [6.45, 7) is 8.44. The third-order valence-electron chi connectivity index (χ3n) is 4.63. The molecule has 1 saturated heterocycles. The topological polar surface area (TPSA) is 46.2 Å². The molecule has 2 aliphatic rings. The molecular formula is C17H22BFO5. The van der Waals surface area contributed by atoms with E-state index < -0.39 is 24.0 Å². The smallest absolute Gasteiger partial charge is 0.493 e. The lowest BCUT2D eigenvalue weighted by atomic mass is 9.87. The highest BCUT2D eigenvalue weighted by Crippen LogP contribution is 2.42. The molecule has 0 atom stereocenters. The zero-order valence-corrected chi connectivity index (χ0v) is 14.6. The summed E-state index contributed by atoms with van der Waals surface area (Å²) < 4.78 is 42.5. The second-order valence-electron chi connectivity index (χ2n) is 6.86. The third kappa shape index (κ3) is 2.98. The number of halogens is 1. The van der Waals surface area contributed by atoms with Crippen LogP contribution in [0.3, 0.4) is 0 Å². The number of ether oxygens (including phenoxy) is 3. The van der Waals surface area contributed by atoms with E-state index in [0.29, 0.717) is 36.0 Å². The number of hydrogen-bond donors (Lipinski definition) is 0. The molecule has 1 aromatic rings. The molecule has 24 heavy (non-hydrogen) atoms. The van der Waals surface area contributed by atoms with Gasteiger partial charge in [0.15, 0.2) is 11.5 Å². The Morgan fingerprint density at radius 1 is 1.12 bits per heavy atom. The number of benzene rings is 1. The van der Waals surface area contributed by atoms with Crippen molar-refractivity contribution >= 4 is 13.2 Å². The van der Waals surface area contributed by atoms with Gasteiger partial charge in [0, 0.05) is 0 Å². The molecule has 5 nitrogen and oxygen atoms in total. The van der Waals surface area contributed by atoms with Gasteiger partial charge in [0.25, 0.3) is 0 Å². The van der Waals surface area contributed by atoms with Gasteiger partial charge in [0.2, 0.25) is 5.75 Å². The van der Waals surface area contributed by atoms with Crippen LogP contribution in [0, 0.1) is 0 Å². The minimum Gasteiger partial charge on any atom is -0.493 e. The van der Waals surface area contributed by atoms with Crippen molar-refractivity contribution in [1.82, 2.24) is 0 Å². The van der Waals surface area contributed by atoms with Crippen molar-refractivity contribution in [2.45, 2.75) is 38.9 Å². The van der Waals surface area contributed by atoms with Crippen LogP contribution in [0.2, 0.25) is 0 Å². The lowest BCUT2D eigenvalue weighted by Gasteiger charge is -2.32. The van der Waals surface area contributed by atoms with E-state index in [1.807, 2.05) is 27.7 Å². The summed E-state index contributed by atoms with van der Waals surface area (Å²) in [5.74, 6) is 1.57. The van der Waals surface area contributed by atoms with Crippen LogP contribution in [-0.4, -0.2) is 38.6 Å². The predicted octanol–water partition coefficient (Wildman–Crippen LogP) is 3.41. The van der Waals surface area contributed by atoms with E-state index in [-0.39, 0.29) is 0 Å². The Hall–Kier alpha value is -1.73. The summed E-state index contributed by atoms with van der Waals surface area (Å²) in [5, 5.41) is 0. The van der Waals surface area contributed by atoms with Gasteiger partial charge in [-0.05, 0) is 51.5 Å². The molecule has 0 bridgehead atoms. The molecule has 0 aliphatic carbocycles. The van der Waals surface area contributed by atoms with Crippen molar-refractivity contribution in [3.05, 3.63) is 23.4 Å². The van der Waals surface area contributed by atoms with Gasteiger partial charge in [-0.3, -0.25) is 0 Å². The molecule has 1 aromatic carbocycles. The third-order valence-corrected chi connectivity index (χ3v) is 4.63. The zero-order chi connectivity index (χ0) is 17.5. The molecule has 130 valence electrons. The highest BCUT2D eigenvalue weighted by molar-refractivity contribution is 6.54. The predicted molar refractivity (Wildman–Crippen MR) is 89.2 cm³/mol. The Bertz CT molecular complexity index is 638. The van der Waals surface area contributed by atoms with Gasteiger partial charge in [-0.15, -0.1) is 0 Å². The van der Waals surface area contributed by atoms with Gasteiger partial charge >= 0.3 is 7.12 Å². The van der Waals surface area contributed by atoms with Crippen LogP contribution in [0.4, 0.5) is 4.39 Å². The number of methoxy groups -OCH3 is 1. The minimum absolute atomic E-state index is 0.447. The molecule has 0 spiro atoms. The summed E-state index contributed by atoms with van der Waals surface area (Å²) in [6, 6.07) is 3.40. The monoisotopic (exact) mass is 336 g/mol. The first-order valence-electron chi connectivity index (χ1n) is 7.94. The van der Waals surface area contributed by atoms with Crippen molar-refractivity contribution in [3.8, 4) is 17.2 Å². The van der Waals surface area contributed by atoms with Gasteiger partial charge < -0.3 is 23.5 Å². The fraction of sp³-hybridized carbons (Fsp3) is 0.529. The van der Waals surface area contributed by atoms with Gasteiger partial charge in [-0.1, -0.05) is 0 Å². The summed E-state index contributed by atoms with van der Waals surface area (Å²) >= 11 is 0. The maximum Gasteiger partial charge on any atom is 0.525 e. The average Bonchev–Trinajstić information content (AvgIpc) is 2.74. The first-order valence-corrected chi connectivity index (χ1v) is 7.94. The van der Waals surface area contributed by atoms with E-state index in [0.717, 1.165) is 0 Å². The number of fused-ring (bicyclic) bond motifs is 1. The van der Waals surface area contributed by atoms with E-state index in [1.165, 1.54) is 13.2 Å². The lowest BCUT2D eigenvalue weighted by molar-refractivity contribution is 0.00578. The van der Waals surface area contributed by atoms with Crippen LogP contribution in [-0.2, 0) is 9.31 Å². The molecule has 0 amide bonds. The van der Waals surface area contributed by atoms with Gasteiger partial charge in [-0.2, -0.15) is 0 Å². The van der Waals surface area contributed by atoms with E-state index in [1.54, 1.807) is 12.1 Å². The largest absolute Gasteiger partial charge is 0.525 e. The molecule has 0 aromatic heterocycles. The van der Waals surface area contributed by atoms with E-state index in [2.05, 4.69) is 0 Å². The van der Waals surface area contributed by atoms with Gasteiger partial charge in [0.1, 0.15) is 18.9 Å². The number of rotatable bonds is 3. The molecule has 2 heterocycles. The standard InChI is InChI=1S/C17H22BFO5/c1-16(2)17(3,4)24-18(23-16)14(19)10-11-8-12(20-5)15-13(9-11)21-6-7-22-15/h8-10H,6-7H2,1-5H3. The molecule has 7 heteroatoms. The van der Waals surface area contributed by atoms with Gasteiger partial charge in [-0.25, -0.2) is 4.39 Å². The first kappa shape index (κ1) is 17.1. The first-order chi connectivity index (χ1) is 11.2. The lowest BCUT2D eigenvalue weighted by Crippen LogP contribution is -2.41. The average molecular weight is 336 g/mol. The maximum atomic E-state index is 14.6. The summed E-state index contributed by atoms with van der Waals surface area (Å²) in [4.78, 5) is 0. The fourth-order valence-electron chi connectivity index (χ4n) is 2.56. The fourth-order valence-corrected chi connectivity index (χ4v) is 2.56. The second-order valence-corrected chi connectivity index (χ2v) is 6.86. The van der Waals surface area contributed by atoms with Crippen LogP contribution >= 0.6 is 0 Å². The maximum absolute atomic E-state index is 14.6. The van der Waals surface area contributed by atoms with Crippen molar-refractivity contribution in [1.29, 1.82) is 0 Å². The molecule has 0 radical (unpaired) electrons. The molecule has 0 saturated carbocycles. The number of hydrogen-bond acceptors (Lipinski definition) is 5. The van der Waals surface area contributed by atoms with Crippen LogP contribution in [0.1, 0.15) is 33.3 Å². The second kappa shape index (κ2) is 5.97. The Balaban J connectivity index is 1.89. The molecular weight excluding hydrogens is 314 g/mol. The molecule has 0 unspecified atom stereocenters. The van der Waals surface area contributed by atoms with Crippen molar-refractivity contribution in [3.63, 3.8) is 0 Å². The Kier molecular flexibility index (Phi) is 4.26. The molecule has 1 fully saturated rings. The van der Waals surface area contributed by atoms with Crippen molar-refractivity contribution in [2.24, 2.45) is 0 Å². The van der Waals surface area contributed by atoms with Crippen molar-refractivity contribution in [2.75, 3.05) is 20.3 Å². The Morgan fingerprint density at radius 2 is 1.75 bits per heavy atom. The minimum atomic E-state index is -1.03. The normalized spacial score (nSPS) is 21.8. The quantitative estimate of drug-likeness (QED) is 0.792. The van der Waals surface area contributed by atoms with Crippen LogP contribution in [0.15, 0.2) is 17.9 Å². The zero-order valence-electron chi connectivity index (χ0n) is 14.6. The highest BCUT2D eigenvalue weighted by atomic mass is 19.1. The van der Waals surface area contributed by atoms with Crippen LogP contribution in [0.25, 0.3) is 6.08 Å². The Morgan fingerprint density at radius 3 is 2.38 bits per heavy atom. The molecule has 3 rings (SSSR count). The summed E-state index contributed by atoms with van der Waals surface area (Å²) in [6.07, 6.45) is 1.36. The highest BCUT2D eigenvalue weighted by Gasteiger charge is 2.53.